The molecule has 6 rings (SSSR count). The molecule has 44 nitrogen and oxygen atoms in total. The summed E-state index contributed by atoms with van der Waals surface area (Å²) in [4.78, 5) is 73.9. The Bertz CT molecular complexity index is 2150. The van der Waals surface area contributed by atoms with Gasteiger partial charge >= 0.3 is 151 Å². The van der Waals surface area contributed by atoms with Crippen LogP contribution in [0.3, 0.4) is 0 Å². The first-order valence-electron chi connectivity index (χ1n) is 21.9. The van der Waals surface area contributed by atoms with Crippen LogP contribution in [0.2, 0.25) is 0 Å². The number of aromatic nitrogens is 12. The Hall–Kier alpha value is -1.37. The Morgan fingerprint density at radius 2 is 0.378 bits per heavy atom. The van der Waals surface area contributed by atoms with E-state index in [1.165, 1.54) is 0 Å². The van der Waals surface area contributed by atoms with Crippen molar-refractivity contribution in [2.75, 3.05) is 78.5 Å². The number of nitrogens with zero attached hydrogens (tertiary/aromatic N) is 14. The van der Waals surface area contributed by atoms with E-state index in [2.05, 4.69) is 99.6 Å². The Morgan fingerprint density at radius 3 is 0.467 bits per heavy atom. The van der Waals surface area contributed by atoms with E-state index < -0.39 is 61.5 Å². The summed E-state index contributed by atoms with van der Waals surface area (Å²) in [6, 6.07) is 0. The number of halogens is 6. The molecule has 6 aromatic heterocycles. The molecular weight excluding hydrogens is 1590 g/mol. The zero-order valence-electron chi connectivity index (χ0n) is 45.9. The minimum absolute atomic E-state index is 0. The Morgan fingerprint density at radius 1 is 0.267 bits per heavy atom. The molecule has 6 N–H and O–H groups in total. The molecule has 0 atom stereocenters. The maximum absolute atomic E-state index is 8.49. The molecule has 0 aliphatic heterocycles. The van der Waals surface area contributed by atoms with E-state index in [1.54, 1.807) is 112 Å². The predicted molar refractivity (Wildman–Crippen MR) is 219 cm³/mol. The van der Waals surface area contributed by atoms with Gasteiger partial charge in [0.15, 0.2) is 0 Å². The van der Waals surface area contributed by atoms with E-state index in [4.69, 9.17) is 112 Å². The summed E-state index contributed by atoms with van der Waals surface area (Å²) in [6.07, 6.45) is 31.5. The van der Waals surface area contributed by atoms with Gasteiger partial charge in [-0.25, -0.2) is 142 Å². The maximum atomic E-state index is 8.49. The Labute approximate surface area is 639 Å². The van der Waals surface area contributed by atoms with Crippen LogP contribution in [-0.4, -0.2) is 185 Å². The van der Waals surface area contributed by atoms with Crippen LogP contribution < -0.4 is 228 Å². The second kappa shape index (κ2) is 57.8. The normalized spacial score (nSPS) is 11.7. The summed E-state index contributed by atoms with van der Waals surface area (Å²) < 4.78 is 204. The molecule has 0 aliphatic rings. The van der Waals surface area contributed by atoms with Crippen molar-refractivity contribution in [1.29, 1.82) is 0 Å². The number of hydrogen-bond donors (Lipinski definition) is 6. The molecule has 54 heteroatoms. The zero-order valence-corrected chi connectivity index (χ0v) is 62.5. The number of nitrogens with one attached hydrogen (secondary N) is 6. The van der Waals surface area contributed by atoms with Gasteiger partial charge in [0.25, 0.3) is 0 Å². The fraction of sp³-hybridized carbons (Fsp3) is 0.333. The van der Waals surface area contributed by atoms with Gasteiger partial charge in [0.2, 0.25) is 0 Å². The summed E-state index contributed by atoms with van der Waals surface area (Å²) in [5, 5.41) is 0. The zero-order chi connectivity index (χ0) is 65.6. The first-order valence-corrected chi connectivity index (χ1v) is 29.3. The molecular formula is C36H48Cl6Fe2N20O24Rb2. The number of aromatic amines is 6. The average molecular weight is 1640 g/mol. The van der Waals surface area contributed by atoms with E-state index in [0.29, 0.717) is 39.3 Å². The summed E-state index contributed by atoms with van der Waals surface area (Å²) in [7, 11) is -29.7. The molecule has 6 aromatic rings. The van der Waals surface area contributed by atoms with Crippen molar-refractivity contribution in [3.05, 3.63) is 109 Å². The van der Waals surface area contributed by atoms with Gasteiger partial charge in [-0.05, 0) is 0 Å². The van der Waals surface area contributed by atoms with Gasteiger partial charge < -0.3 is 29.9 Å². The van der Waals surface area contributed by atoms with Crippen molar-refractivity contribution in [2.45, 2.75) is 0 Å². The van der Waals surface area contributed by atoms with E-state index in [0.717, 1.165) is 74.2 Å². The van der Waals surface area contributed by atoms with Crippen LogP contribution in [-0.2, 0) is 34.1 Å². The van der Waals surface area contributed by atoms with Crippen LogP contribution in [0.4, 0.5) is 0 Å². The molecule has 6 heterocycles. The SMILES string of the molecule is C(=NCCN(CCN=Cc1ncc[nH]1)CCN=Cc1ncc[nH]1)c1ncc[nH]1.C(=NCCN(CCN=Cc1ncc[nH]1)CCN=Cc1ncc[nH]1)c1ncc[nH]1.[Fe+2].[Fe+2].[O-][Cl+3]([O-])([O-])[O-].[O-][Cl+3]([O-])([O-])[O-].[O-][Cl+3]([O-])([O-])[O-].[O-][Cl+3]([O-])([O-])[O-].[O-][Cl+3]([O-])([O-])[O-].[O-][Cl+3]([O-])([O-])[O-].[Rb+].[Rb+]. The van der Waals surface area contributed by atoms with Crippen molar-refractivity contribution in [3.8, 4) is 0 Å². The van der Waals surface area contributed by atoms with E-state index in [-0.39, 0.29) is 151 Å². The minimum atomic E-state index is -4.94. The fourth-order valence-corrected chi connectivity index (χ4v) is 4.86. The van der Waals surface area contributed by atoms with Crippen molar-refractivity contribution in [3.63, 3.8) is 0 Å². The van der Waals surface area contributed by atoms with Crippen molar-refractivity contribution >= 4 is 37.3 Å². The van der Waals surface area contributed by atoms with Gasteiger partial charge in [-0.3, -0.25) is 39.8 Å². The van der Waals surface area contributed by atoms with Crippen LogP contribution in [0.25, 0.3) is 0 Å². The number of hydrogen-bond acceptors (Lipinski definition) is 38. The fourth-order valence-electron chi connectivity index (χ4n) is 4.86. The number of aliphatic imine (C=N–C) groups is 6. The molecule has 0 fully saturated rings. The second-order valence-corrected chi connectivity index (χ2v) is 18.5. The third-order valence-electron chi connectivity index (χ3n) is 7.67. The number of H-pyrrole nitrogens is 6. The molecule has 0 amide bonds. The Balaban J connectivity index is -0.000000263. The quantitative estimate of drug-likeness (QED) is 0.0242. The maximum Gasteiger partial charge on any atom is 2.00 e. The monoisotopic (exact) mass is 1640 g/mol. The van der Waals surface area contributed by atoms with Gasteiger partial charge in [-0.2, -0.15) is 0 Å². The molecule has 0 spiro atoms. The molecule has 0 bridgehead atoms. The summed E-state index contributed by atoms with van der Waals surface area (Å²) in [5.74, 6) is 4.57. The third-order valence-corrected chi connectivity index (χ3v) is 7.67. The van der Waals surface area contributed by atoms with E-state index in [1.807, 2.05) is 0 Å². The minimum Gasteiger partial charge on any atom is -0.344 e. The smallest absolute Gasteiger partial charge is 0.344 e. The van der Waals surface area contributed by atoms with Crippen LogP contribution in [0.15, 0.2) is 104 Å². The van der Waals surface area contributed by atoms with Crippen LogP contribution in [0, 0.1) is 61.5 Å². The topological polar surface area (TPSA) is 806 Å². The van der Waals surface area contributed by atoms with Crippen LogP contribution in [0.5, 0.6) is 0 Å². The van der Waals surface area contributed by atoms with Crippen LogP contribution in [0.1, 0.15) is 34.9 Å². The van der Waals surface area contributed by atoms with E-state index in [9.17, 15) is 0 Å². The standard InChI is InChI=1S/2C18H24N10.6ClHO4.2Fe.2Rb/c2*1-2-23-16(22-1)13-19-7-10-28(11-8-20-14-17-24-3-4-25-17)12-9-21-15-18-26-5-6-27-18;6*2-1(3,4)5;;;;/h2*1-6,13-15H,7-12H2,(H,22,23)(H,24,25)(H,26,27);6*(H,2,3,4,5);;;;/q;;;;;;;;2*+2;2*+1/p-6. The van der Waals surface area contributed by atoms with Crippen molar-refractivity contribution in [2.24, 2.45) is 30.0 Å². The van der Waals surface area contributed by atoms with Gasteiger partial charge in [0.05, 0.1) is 76.6 Å². The van der Waals surface area contributed by atoms with Gasteiger partial charge in [0.1, 0.15) is 34.9 Å². The molecule has 0 aromatic carbocycles. The molecule has 496 valence electrons. The van der Waals surface area contributed by atoms with Gasteiger partial charge in [-0.15, -0.1) is 61.5 Å². The molecule has 0 saturated heterocycles. The molecule has 0 radical (unpaired) electrons. The predicted octanol–water partition coefficient (Wildman–Crippen LogP) is -32.9. The Kier molecular flexibility index (Phi) is 64.1. The first kappa shape index (κ1) is 99.7. The second-order valence-electron chi connectivity index (χ2n) is 14.0. The van der Waals surface area contributed by atoms with Crippen LogP contribution >= 0.6 is 0 Å². The molecule has 0 aliphatic carbocycles. The average Bonchev–Trinajstić information content (AvgIpc) is 4.21. The molecule has 90 heavy (non-hydrogen) atoms. The summed E-state index contributed by atoms with van der Waals surface area (Å²) in [5.41, 5.74) is 0. The third kappa shape index (κ3) is 93.0. The van der Waals surface area contributed by atoms with Crippen molar-refractivity contribution < 1.29 is 324 Å². The van der Waals surface area contributed by atoms with Crippen molar-refractivity contribution in [1.82, 2.24) is 69.6 Å². The first-order chi connectivity index (χ1) is 39.8. The molecule has 0 unspecified atom stereocenters. The number of rotatable bonds is 24. The van der Waals surface area contributed by atoms with E-state index >= 15 is 0 Å². The number of imidazole rings is 6. The summed E-state index contributed by atoms with van der Waals surface area (Å²) >= 11 is 0. The largest absolute Gasteiger partial charge is 2.00 e. The molecule has 0 saturated carbocycles. The summed E-state index contributed by atoms with van der Waals surface area (Å²) in [6.45, 7) is 9.05. The van der Waals surface area contributed by atoms with Gasteiger partial charge in [0, 0.05) is 114 Å². The van der Waals surface area contributed by atoms with Gasteiger partial charge in [-0.1, -0.05) is 0 Å².